The van der Waals surface area contributed by atoms with Gasteiger partial charge in [-0.15, -0.1) is 0 Å². The molecule has 3 aromatic rings. The van der Waals surface area contributed by atoms with Crippen LogP contribution in [-0.4, -0.2) is 29.3 Å². The Kier molecular flexibility index (Phi) is 4.16. The van der Waals surface area contributed by atoms with Gasteiger partial charge in [0, 0.05) is 30.4 Å². The van der Waals surface area contributed by atoms with E-state index in [1.165, 1.54) is 15.9 Å². The molecule has 0 aliphatic carbocycles. The first-order chi connectivity index (χ1) is 12.6. The van der Waals surface area contributed by atoms with Gasteiger partial charge in [0.05, 0.1) is 11.6 Å². The van der Waals surface area contributed by atoms with Gasteiger partial charge in [0.25, 0.3) is 5.56 Å². The van der Waals surface area contributed by atoms with Crippen molar-refractivity contribution in [2.24, 2.45) is 0 Å². The Balaban J connectivity index is 1.53. The Morgan fingerprint density at radius 2 is 2.08 bits per heavy atom. The summed E-state index contributed by atoms with van der Waals surface area (Å²) in [4.78, 5) is 27.1. The van der Waals surface area contributed by atoms with Crippen molar-refractivity contribution in [2.75, 3.05) is 23.8 Å². The third kappa shape index (κ3) is 3.06. The van der Waals surface area contributed by atoms with Crippen LogP contribution in [0.3, 0.4) is 0 Å². The molecule has 2 aromatic carbocycles. The molecule has 0 bridgehead atoms. The maximum absolute atomic E-state index is 12.5. The molecular weight excluding hydrogens is 328 g/mol. The normalized spacial score (nSPS) is 13.5. The highest BCUT2D eigenvalue weighted by molar-refractivity contribution is 5.91. The van der Waals surface area contributed by atoms with Gasteiger partial charge in [-0.3, -0.25) is 9.59 Å². The van der Waals surface area contributed by atoms with E-state index >= 15 is 0 Å². The number of hydrogen-bond acceptors (Lipinski definition) is 4. The van der Waals surface area contributed by atoms with Crippen LogP contribution in [0.5, 0.6) is 0 Å². The third-order valence-electron chi connectivity index (χ3n) is 4.77. The number of fused-ring (bicyclic) bond motifs is 2. The molecule has 1 aliphatic heterocycles. The van der Waals surface area contributed by atoms with Crippen molar-refractivity contribution in [1.82, 2.24) is 9.78 Å². The first-order valence-corrected chi connectivity index (χ1v) is 8.70. The fourth-order valence-electron chi connectivity index (χ4n) is 3.44. The Hall–Kier alpha value is -3.15. The molecule has 1 aliphatic rings. The Bertz CT molecular complexity index is 1040. The van der Waals surface area contributed by atoms with Crippen LogP contribution in [0.4, 0.5) is 11.4 Å². The van der Waals surface area contributed by atoms with Gasteiger partial charge in [-0.05, 0) is 42.7 Å². The van der Waals surface area contributed by atoms with Gasteiger partial charge in [0.15, 0.2) is 0 Å². The average molecular weight is 348 g/mol. The quantitative estimate of drug-likeness (QED) is 0.789. The molecule has 6 heteroatoms. The molecular formula is C20H20N4O2. The van der Waals surface area contributed by atoms with Crippen molar-refractivity contribution < 1.29 is 4.79 Å². The van der Waals surface area contributed by atoms with E-state index in [1.807, 2.05) is 30.3 Å². The van der Waals surface area contributed by atoms with Crippen LogP contribution in [0, 0.1) is 0 Å². The lowest BCUT2D eigenvalue weighted by Gasteiger charge is -2.27. The van der Waals surface area contributed by atoms with Crippen molar-refractivity contribution >= 4 is 28.1 Å². The van der Waals surface area contributed by atoms with Crippen molar-refractivity contribution in [2.45, 2.75) is 19.4 Å². The number of rotatable bonds is 3. The molecule has 1 N–H and O–H groups in total. The second-order valence-corrected chi connectivity index (χ2v) is 6.61. The van der Waals surface area contributed by atoms with Crippen molar-refractivity contribution in [3.8, 4) is 0 Å². The first-order valence-electron chi connectivity index (χ1n) is 8.70. The SMILES string of the molecule is CN1CCCc2cc(NC(=O)Cn3ncc4ccccc4c3=O)ccc21. The lowest BCUT2D eigenvalue weighted by molar-refractivity contribution is -0.117. The molecule has 0 atom stereocenters. The highest BCUT2D eigenvalue weighted by Crippen LogP contribution is 2.28. The molecule has 6 nitrogen and oxygen atoms in total. The van der Waals surface area contributed by atoms with E-state index < -0.39 is 0 Å². The summed E-state index contributed by atoms with van der Waals surface area (Å²) >= 11 is 0. The number of nitrogens with one attached hydrogen (secondary N) is 1. The van der Waals surface area contributed by atoms with E-state index in [0.717, 1.165) is 30.5 Å². The molecule has 0 fully saturated rings. The number of aryl methyl sites for hydroxylation is 1. The molecule has 0 saturated carbocycles. The zero-order valence-corrected chi connectivity index (χ0v) is 14.6. The largest absolute Gasteiger partial charge is 0.374 e. The van der Waals surface area contributed by atoms with E-state index in [-0.39, 0.29) is 18.0 Å². The summed E-state index contributed by atoms with van der Waals surface area (Å²) in [6.07, 6.45) is 3.73. The number of carbonyl (C=O) groups excluding carboxylic acids is 1. The zero-order valence-electron chi connectivity index (χ0n) is 14.6. The third-order valence-corrected chi connectivity index (χ3v) is 4.77. The summed E-state index contributed by atoms with van der Waals surface area (Å²) in [6, 6.07) is 13.2. The summed E-state index contributed by atoms with van der Waals surface area (Å²) in [7, 11) is 2.08. The highest BCUT2D eigenvalue weighted by Gasteiger charge is 2.15. The Morgan fingerprint density at radius 1 is 1.23 bits per heavy atom. The average Bonchev–Trinajstić information content (AvgIpc) is 2.64. The summed E-state index contributed by atoms with van der Waals surface area (Å²) in [5.41, 5.74) is 2.93. The smallest absolute Gasteiger partial charge is 0.275 e. The lowest BCUT2D eigenvalue weighted by atomic mass is 10.0. The summed E-state index contributed by atoms with van der Waals surface area (Å²) < 4.78 is 1.20. The second-order valence-electron chi connectivity index (χ2n) is 6.61. The maximum atomic E-state index is 12.5. The van der Waals surface area contributed by atoms with Crippen molar-refractivity contribution in [1.29, 1.82) is 0 Å². The molecule has 2 heterocycles. The van der Waals surface area contributed by atoms with Crippen LogP contribution in [0.25, 0.3) is 10.8 Å². The maximum Gasteiger partial charge on any atom is 0.275 e. The topological polar surface area (TPSA) is 67.2 Å². The summed E-state index contributed by atoms with van der Waals surface area (Å²) in [6.45, 7) is 0.940. The van der Waals surface area contributed by atoms with Gasteiger partial charge >= 0.3 is 0 Å². The first kappa shape index (κ1) is 16.3. The van der Waals surface area contributed by atoms with Crippen molar-refractivity contribution in [3.63, 3.8) is 0 Å². The van der Waals surface area contributed by atoms with Crippen LogP contribution in [0.15, 0.2) is 53.5 Å². The van der Waals surface area contributed by atoms with E-state index in [0.29, 0.717) is 5.39 Å². The van der Waals surface area contributed by atoms with Gasteiger partial charge in [0.2, 0.25) is 5.91 Å². The Morgan fingerprint density at radius 3 is 2.96 bits per heavy atom. The minimum atomic E-state index is -0.265. The van der Waals surface area contributed by atoms with E-state index in [2.05, 4.69) is 22.4 Å². The van der Waals surface area contributed by atoms with Gasteiger partial charge in [-0.2, -0.15) is 5.10 Å². The predicted octanol–water partition coefficient (Wildman–Crippen LogP) is 2.42. The molecule has 132 valence electrons. The van der Waals surface area contributed by atoms with Crippen LogP contribution in [0.2, 0.25) is 0 Å². The van der Waals surface area contributed by atoms with Crippen LogP contribution < -0.4 is 15.8 Å². The Labute approximate surface area is 151 Å². The van der Waals surface area contributed by atoms with Crippen LogP contribution >= 0.6 is 0 Å². The van der Waals surface area contributed by atoms with E-state index in [4.69, 9.17) is 0 Å². The molecule has 4 rings (SSSR count). The van der Waals surface area contributed by atoms with Crippen molar-refractivity contribution in [3.05, 3.63) is 64.6 Å². The molecule has 0 unspecified atom stereocenters. The molecule has 1 aromatic heterocycles. The standard InChI is InChI=1S/C20H20N4O2/c1-23-10-4-6-14-11-16(8-9-18(14)23)22-19(25)13-24-20(26)17-7-3-2-5-15(17)12-21-24/h2-3,5,7-9,11-12H,4,6,10,13H2,1H3,(H,22,25). The molecule has 0 spiro atoms. The minimum absolute atomic E-state index is 0.110. The van der Waals surface area contributed by atoms with Gasteiger partial charge in [-0.25, -0.2) is 4.68 Å². The van der Waals surface area contributed by atoms with E-state index in [9.17, 15) is 9.59 Å². The zero-order chi connectivity index (χ0) is 18.1. The summed E-state index contributed by atoms with van der Waals surface area (Å²) in [5.74, 6) is -0.265. The van der Waals surface area contributed by atoms with Crippen LogP contribution in [0.1, 0.15) is 12.0 Å². The van der Waals surface area contributed by atoms with Gasteiger partial charge in [-0.1, -0.05) is 18.2 Å². The predicted molar refractivity (Wildman–Crippen MR) is 103 cm³/mol. The van der Waals surface area contributed by atoms with Gasteiger partial charge in [0.1, 0.15) is 6.54 Å². The number of nitrogens with zero attached hydrogens (tertiary/aromatic N) is 3. The fraction of sp³-hybridized carbons (Fsp3) is 0.250. The number of aromatic nitrogens is 2. The molecule has 1 amide bonds. The van der Waals surface area contributed by atoms with E-state index in [1.54, 1.807) is 18.3 Å². The minimum Gasteiger partial charge on any atom is -0.374 e. The fourth-order valence-corrected chi connectivity index (χ4v) is 3.44. The molecule has 0 saturated heterocycles. The molecule has 0 radical (unpaired) electrons. The number of hydrogen-bond donors (Lipinski definition) is 1. The monoisotopic (exact) mass is 348 g/mol. The molecule has 26 heavy (non-hydrogen) atoms. The number of amides is 1. The number of carbonyl (C=O) groups is 1. The number of anilines is 2. The summed E-state index contributed by atoms with van der Waals surface area (Å²) in [5, 5.41) is 8.31. The highest BCUT2D eigenvalue weighted by atomic mass is 16.2. The van der Waals surface area contributed by atoms with Crippen LogP contribution in [-0.2, 0) is 17.8 Å². The number of benzene rings is 2. The van der Waals surface area contributed by atoms with Gasteiger partial charge < -0.3 is 10.2 Å². The lowest BCUT2D eigenvalue weighted by Crippen LogP contribution is -2.29. The second kappa shape index (κ2) is 6.63.